The molecule has 0 heterocycles. The van der Waals surface area contributed by atoms with Crippen LogP contribution in [0.4, 0.5) is 18.9 Å². The number of anilines is 1. The number of aromatic carboxylic acids is 1. The number of rotatable bonds is 3. The molecule has 0 unspecified atom stereocenters. The zero-order chi connectivity index (χ0) is 17.2. The van der Waals surface area contributed by atoms with E-state index in [9.17, 15) is 22.8 Å². The second kappa shape index (κ2) is 6.12. The van der Waals surface area contributed by atoms with Crippen molar-refractivity contribution in [2.75, 3.05) is 5.32 Å². The van der Waals surface area contributed by atoms with Gasteiger partial charge in [0.1, 0.15) is 0 Å². The maximum Gasteiger partial charge on any atom is 0.416 e. The van der Waals surface area contributed by atoms with Crippen LogP contribution < -0.4 is 5.32 Å². The van der Waals surface area contributed by atoms with Gasteiger partial charge in [-0.25, -0.2) is 4.79 Å². The summed E-state index contributed by atoms with van der Waals surface area (Å²) in [6.45, 7) is 1.47. The minimum atomic E-state index is -4.54. The molecular formula is C16H12F3NO3. The third kappa shape index (κ3) is 3.88. The highest BCUT2D eigenvalue weighted by atomic mass is 19.4. The average molecular weight is 323 g/mol. The number of benzene rings is 2. The van der Waals surface area contributed by atoms with Crippen LogP contribution in [0, 0.1) is 6.92 Å². The third-order valence-electron chi connectivity index (χ3n) is 3.06. The van der Waals surface area contributed by atoms with Crippen LogP contribution in [0.15, 0.2) is 42.5 Å². The Kier molecular flexibility index (Phi) is 4.40. The molecule has 0 saturated heterocycles. The van der Waals surface area contributed by atoms with E-state index >= 15 is 0 Å². The van der Waals surface area contributed by atoms with Crippen molar-refractivity contribution in [2.45, 2.75) is 13.1 Å². The molecule has 4 nitrogen and oxygen atoms in total. The maximum atomic E-state index is 12.8. The van der Waals surface area contributed by atoms with E-state index in [1.807, 2.05) is 0 Å². The lowest BCUT2D eigenvalue weighted by molar-refractivity contribution is -0.137. The molecule has 2 N–H and O–H groups in total. The van der Waals surface area contributed by atoms with Gasteiger partial charge in [-0.1, -0.05) is 12.1 Å². The summed E-state index contributed by atoms with van der Waals surface area (Å²) < 4.78 is 38.4. The van der Waals surface area contributed by atoms with E-state index in [1.165, 1.54) is 37.3 Å². The lowest BCUT2D eigenvalue weighted by atomic mass is 10.1. The topological polar surface area (TPSA) is 66.4 Å². The molecule has 2 aromatic rings. The summed E-state index contributed by atoms with van der Waals surface area (Å²) in [5, 5.41) is 11.4. The summed E-state index contributed by atoms with van der Waals surface area (Å²) in [6, 6.07) is 8.59. The van der Waals surface area contributed by atoms with E-state index in [0.717, 1.165) is 12.1 Å². The molecule has 0 fully saturated rings. The van der Waals surface area contributed by atoms with Crippen LogP contribution in [-0.2, 0) is 6.18 Å². The van der Waals surface area contributed by atoms with Gasteiger partial charge in [0.05, 0.1) is 16.7 Å². The molecule has 2 aromatic carbocycles. The van der Waals surface area contributed by atoms with E-state index in [4.69, 9.17) is 5.11 Å². The van der Waals surface area contributed by atoms with Crippen LogP contribution >= 0.6 is 0 Å². The van der Waals surface area contributed by atoms with Crippen LogP contribution in [0.5, 0.6) is 0 Å². The molecule has 0 spiro atoms. The first-order valence-electron chi connectivity index (χ1n) is 6.51. The molecule has 120 valence electrons. The van der Waals surface area contributed by atoms with E-state index < -0.39 is 23.6 Å². The fourth-order valence-electron chi connectivity index (χ4n) is 2.08. The quantitative estimate of drug-likeness (QED) is 0.898. The fourth-order valence-corrected chi connectivity index (χ4v) is 2.08. The molecule has 0 saturated carbocycles. The Bertz CT molecular complexity index is 769. The van der Waals surface area contributed by atoms with Crippen molar-refractivity contribution >= 4 is 17.6 Å². The van der Waals surface area contributed by atoms with Gasteiger partial charge in [0.15, 0.2) is 0 Å². The summed E-state index contributed by atoms with van der Waals surface area (Å²) in [5.74, 6) is -2.09. The minimum Gasteiger partial charge on any atom is -0.478 e. The predicted octanol–water partition coefficient (Wildman–Crippen LogP) is 3.96. The van der Waals surface area contributed by atoms with Crippen LogP contribution in [0.2, 0.25) is 0 Å². The van der Waals surface area contributed by atoms with Crippen molar-refractivity contribution in [1.82, 2.24) is 0 Å². The fraction of sp³-hybridized carbons (Fsp3) is 0.125. The summed E-state index contributed by atoms with van der Waals surface area (Å²) in [6.07, 6.45) is -4.54. The molecule has 0 aromatic heterocycles. The summed E-state index contributed by atoms with van der Waals surface area (Å²) in [7, 11) is 0. The first-order valence-corrected chi connectivity index (χ1v) is 6.51. The lowest BCUT2D eigenvalue weighted by Gasteiger charge is -2.12. The molecular weight excluding hydrogens is 311 g/mol. The number of carbonyl (C=O) groups is 2. The largest absolute Gasteiger partial charge is 0.478 e. The molecule has 0 aliphatic rings. The number of nitrogens with one attached hydrogen (secondary N) is 1. The number of alkyl halides is 3. The van der Waals surface area contributed by atoms with Gasteiger partial charge in [-0.2, -0.15) is 13.2 Å². The zero-order valence-electron chi connectivity index (χ0n) is 11.9. The standard InChI is InChI=1S/C16H12F3NO3/c1-9-6-10(16(17,18)19)8-11(7-9)20-14(21)12-4-2-3-5-13(12)15(22)23/h2-8H,1H3,(H,20,21)(H,22,23). The Morgan fingerprint density at radius 3 is 2.22 bits per heavy atom. The summed E-state index contributed by atoms with van der Waals surface area (Å²) in [5.41, 5.74) is -0.979. The lowest BCUT2D eigenvalue weighted by Crippen LogP contribution is -2.17. The van der Waals surface area contributed by atoms with Crippen LogP contribution in [0.3, 0.4) is 0 Å². The number of hydrogen-bond acceptors (Lipinski definition) is 2. The first-order chi connectivity index (χ1) is 10.7. The number of carboxylic acids is 1. The Labute approximate surface area is 129 Å². The number of hydrogen-bond donors (Lipinski definition) is 2. The smallest absolute Gasteiger partial charge is 0.416 e. The zero-order valence-corrected chi connectivity index (χ0v) is 11.9. The highest BCUT2D eigenvalue weighted by molar-refractivity contribution is 6.10. The number of halogens is 3. The van der Waals surface area contributed by atoms with Crippen molar-refractivity contribution in [2.24, 2.45) is 0 Å². The number of aryl methyl sites for hydroxylation is 1. The molecule has 0 atom stereocenters. The normalized spacial score (nSPS) is 11.1. The van der Waals surface area contributed by atoms with Gasteiger partial charge in [0, 0.05) is 5.69 Å². The van der Waals surface area contributed by atoms with Gasteiger partial charge in [-0.15, -0.1) is 0 Å². The molecule has 7 heteroatoms. The van der Waals surface area contributed by atoms with E-state index in [2.05, 4.69) is 5.32 Å². The summed E-state index contributed by atoms with van der Waals surface area (Å²) >= 11 is 0. The molecule has 0 bridgehead atoms. The second-order valence-electron chi connectivity index (χ2n) is 4.89. The van der Waals surface area contributed by atoms with E-state index in [0.29, 0.717) is 5.56 Å². The second-order valence-corrected chi connectivity index (χ2v) is 4.89. The highest BCUT2D eigenvalue weighted by Crippen LogP contribution is 2.32. The molecule has 2 rings (SSSR count). The van der Waals surface area contributed by atoms with Crippen molar-refractivity contribution < 1.29 is 27.9 Å². The molecule has 1 amide bonds. The minimum absolute atomic E-state index is 0.0532. The van der Waals surface area contributed by atoms with Gasteiger partial charge in [0.2, 0.25) is 0 Å². The van der Waals surface area contributed by atoms with E-state index in [1.54, 1.807) is 0 Å². The van der Waals surface area contributed by atoms with Crippen molar-refractivity contribution in [3.8, 4) is 0 Å². The van der Waals surface area contributed by atoms with Crippen LogP contribution in [0.1, 0.15) is 31.8 Å². The Morgan fingerprint density at radius 2 is 1.65 bits per heavy atom. The van der Waals surface area contributed by atoms with E-state index in [-0.39, 0.29) is 16.8 Å². The monoisotopic (exact) mass is 323 g/mol. The van der Waals surface area contributed by atoms with Crippen LogP contribution in [-0.4, -0.2) is 17.0 Å². The Balaban J connectivity index is 2.35. The van der Waals surface area contributed by atoms with Gasteiger partial charge < -0.3 is 10.4 Å². The molecule has 23 heavy (non-hydrogen) atoms. The molecule has 0 aliphatic heterocycles. The molecule has 0 aliphatic carbocycles. The third-order valence-corrected chi connectivity index (χ3v) is 3.06. The highest BCUT2D eigenvalue weighted by Gasteiger charge is 2.31. The van der Waals surface area contributed by atoms with Gasteiger partial charge in [-0.05, 0) is 42.8 Å². The average Bonchev–Trinajstić information content (AvgIpc) is 2.45. The number of amides is 1. The number of carbonyl (C=O) groups excluding carboxylic acids is 1. The van der Waals surface area contributed by atoms with Crippen molar-refractivity contribution in [1.29, 1.82) is 0 Å². The summed E-state index contributed by atoms with van der Waals surface area (Å²) in [4.78, 5) is 23.2. The van der Waals surface area contributed by atoms with Crippen molar-refractivity contribution in [3.63, 3.8) is 0 Å². The van der Waals surface area contributed by atoms with Crippen LogP contribution in [0.25, 0.3) is 0 Å². The number of carboxylic acid groups (broad SMARTS) is 1. The maximum absolute atomic E-state index is 12.8. The van der Waals surface area contributed by atoms with Gasteiger partial charge >= 0.3 is 12.1 Å². The molecule has 0 radical (unpaired) electrons. The first kappa shape index (κ1) is 16.5. The Hall–Kier alpha value is -2.83. The Morgan fingerprint density at radius 1 is 1.04 bits per heavy atom. The van der Waals surface area contributed by atoms with Crippen molar-refractivity contribution in [3.05, 3.63) is 64.7 Å². The van der Waals surface area contributed by atoms with Gasteiger partial charge in [0.25, 0.3) is 5.91 Å². The SMILES string of the molecule is Cc1cc(NC(=O)c2ccccc2C(=O)O)cc(C(F)(F)F)c1. The van der Waals surface area contributed by atoms with Gasteiger partial charge in [-0.3, -0.25) is 4.79 Å². The predicted molar refractivity (Wildman–Crippen MR) is 77.5 cm³/mol.